The molecule has 1 fully saturated rings. The molecule has 1 heterocycles. The predicted octanol–water partition coefficient (Wildman–Crippen LogP) is 2.56. The Morgan fingerprint density at radius 3 is 2.45 bits per heavy atom. The zero-order valence-electron chi connectivity index (χ0n) is 12.4. The maximum Gasteiger partial charge on any atom is 0.409 e. The van der Waals surface area contributed by atoms with Gasteiger partial charge in [-0.3, -0.25) is 4.90 Å². The molecule has 0 N–H and O–H groups in total. The van der Waals surface area contributed by atoms with E-state index in [4.69, 9.17) is 4.74 Å². The predicted molar refractivity (Wildman–Crippen MR) is 79.9 cm³/mol. The van der Waals surface area contributed by atoms with Gasteiger partial charge in [-0.1, -0.05) is 37.3 Å². The molecular weight excluding hydrogens is 252 g/mol. The Morgan fingerprint density at radius 2 is 1.85 bits per heavy atom. The van der Waals surface area contributed by atoms with Crippen LogP contribution in [0.3, 0.4) is 0 Å². The summed E-state index contributed by atoms with van der Waals surface area (Å²) in [5.41, 5.74) is 1.38. The Morgan fingerprint density at radius 1 is 1.20 bits per heavy atom. The number of benzene rings is 1. The van der Waals surface area contributed by atoms with E-state index < -0.39 is 0 Å². The molecule has 1 aliphatic heterocycles. The highest BCUT2D eigenvalue weighted by molar-refractivity contribution is 5.67. The van der Waals surface area contributed by atoms with E-state index in [0.29, 0.717) is 12.5 Å². The number of ether oxygens (including phenoxy) is 1. The van der Waals surface area contributed by atoms with Crippen molar-refractivity contribution in [2.45, 2.75) is 19.8 Å². The second-order valence-electron chi connectivity index (χ2n) is 5.30. The van der Waals surface area contributed by atoms with Gasteiger partial charge in [0.2, 0.25) is 0 Å². The van der Waals surface area contributed by atoms with Crippen LogP contribution < -0.4 is 0 Å². The fraction of sp³-hybridized carbons (Fsp3) is 0.562. The summed E-state index contributed by atoms with van der Waals surface area (Å²) in [5.74, 6) is 0.519. The van der Waals surface area contributed by atoms with Gasteiger partial charge in [-0.15, -0.1) is 0 Å². The summed E-state index contributed by atoms with van der Waals surface area (Å²) in [4.78, 5) is 15.9. The summed E-state index contributed by atoms with van der Waals surface area (Å²) in [7, 11) is 0. The number of hydrogen-bond acceptors (Lipinski definition) is 3. The van der Waals surface area contributed by atoms with E-state index in [9.17, 15) is 4.79 Å². The average molecular weight is 276 g/mol. The minimum Gasteiger partial charge on any atom is -0.450 e. The van der Waals surface area contributed by atoms with E-state index in [1.165, 1.54) is 5.56 Å². The zero-order chi connectivity index (χ0) is 14.4. The molecule has 110 valence electrons. The highest BCUT2D eigenvalue weighted by atomic mass is 16.6. The molecule has 4 nitrogen and oxygen atoms in total. The Kier molecular flexibility index (Phi) is 5.41. The van der Waals surface area contributed by atoms with Gasteiger partial charge in [-0.05, 0) is 18.4 Å². The van der Waals surface area contributed by atoms with E-state index in [2.05, 4.69) is 36.1 Å². The topological polar surface area (TPSA) is 32.8 Å². The maximum absolute atomic E-state index is 11.6. The Balaban J connectivity index is 1.78. The number of amides is 1. The highest BCUT2D eigenvalue weighted by Gasteiger charge is 2.22. The lowest BCUT2D eigenvalue weighted by Gasteiger charge is -2.35. The lowest BCUT2D eigenvalue weighted by atomic mass is 10.0. The van der Waals surface area contributed by atoms with E-state index in [1.807, 2.05) is 13.0 Å². The van der Waals surface area contributed by atoms with Crippen molar-refractivity contribution in [2.75, 3.05) is 39.3 Å². The summed E-state index contributed by atoms with van der Waals surface area (Å²) < 4.78 is 5.04. The monoisotopic (exact) mass is 276 g/mol. The van der Waals surface area contributed by atoms with Crippen molar-refractivity contribution in [3.8, 4) is 0 Å². The van der Waals surface area contributed by atoms with Gasteiger partial charge >= 0.3 is 6.09 Å². The summed E-state index contributed by atoms with van der Waals surface area (Å²) in [6.07, 6.45) is -0.178. The molecule has 1 aromatic carbocycles. The Hall–Kier alpha value is -1.55. The third-order valence-electron chi connectivity index (χ3n) is 3.80. The molecule has 1 saturated heterocycles. The molecule has 20 heavy (non-hydrogen) atoms. The second kappa shape index (κ2) is 7.29. The molecule has 0 radical (unpaired) electrons. The van der Waals surface area contributed by atoms with Crippen LogP contribution >= 0.6 is 0 Å². The summed E-state index contributed by atoms with van der Waals surface area (Å²) in [6, 6.07) is 10.6. The van der Waals surface area contributed by atoms with Gasteiger partial charge in [0.25, 0.3) is 0 Å². The van der Waals surface area contributed by atoms with Gasteiger partial charge in [-0.2, -0.15) is 0 Å². The van der Waals surface area contributed by atoms with Crippen LogP contribution in [-0.2, 0) is 4.74 Å². The molecular formula is C16H24N2O2. The molecule has 0 saturated carbocycles. The third kappa shape index (κ3) is 3.97. The van der Waals surface area contributed by atoms with Gasteiger partial charge in [0.1, 0.15) is 0 Å². The lowest BCUT2D eigenvalue weighted by molar-refractivity contribution is 0.0784. The van der Waals surface area contributed by atoms with E-state index >= 15 is 0 Å². The number of carbonyl (C=O) groups excluding carboxylic acids is 1. The van der Waals surface area contributed by atoms with Gasteiger partial charge in [0.15, 0.2) is 0 Å². The smallest absolute Gasteiger partial charge is 0.409 e. The van der Waals surface area contributed by atoms with Gasteiger partial charge in [-0.25, -0.2) is 4.79 Å². The number of rotatable bonds is 4. The first-order valence-corrected chi connectivity index (χ1v) is 7.39. The number of carbonyl (C=O) groups is 1. The van der Waals surface area contributed by atoms with Crippen molar-refractivity contribution < 1.29 is 9.53 Å². The lowest BCUT2D eigenvalue weighted by Crippen LogP contribution is -2.49. The van der Waals surface area contributed by atoms with Crippen molar-refractivity contribution in [3.63, 3.8) is 0 Å². The van der Waals surface area contributed by atoms with Crippen LogP contribution in [0.5, 0.6) is 0 Å². The van der Waals surface area contributed by atoms with Crippen LogP contribution in [0.2, 0.25) is 0 Å². The van der Waals surface area contributed by atoms with Crippen molar-refractivity contribution in [1.82, 2.24) is 9.80 Å². The number of nitrogens with zero attached hydrogens (tertiary/aromatic N) is 2. The molecule has 1 amide bonds. The zero-order valence-corrected chi connectivity index (χ0v) is 12.4. The molecule has 1 aromatic rings. The summed E-state index contributed by atoms with van der Waals surface area (Å²) in [6.45, 7) is 8.97. The fourth-order valence-corrected chi connectivity index (χ4v) is 2.60. The fourth-order valence-electron chi connectivity index (χ4n) is 2.60. The van der Waals surface area contributed by atoms with E-state index in [1.54, 1.807) is 4.90 Å². The molecule has 0 aliphatic carbocycles. The van der Waals surface area contributed by atoms with Gasteiger partial charge in [0, 0.05) is 32.7 Å². The summed E-state index contributed by atoms with van der Waals surface area (Å²) in [5, 5.41) is 0. The quantitative estimate of drug-likeness (QED) is 0.847. The van der Waals surface area contributed by atoms with Crippen LogP contribution in [0.1, 0.15) is 25.3 Å². The number of hydrogen-bond donors (Lipinski definition) is 0. The molecule has 4 heteroatoms. The van der Waals surface area contributed by atoms with Gasteiger partial charge < -0.3 is 9.64 Å². The van der Waals surface area contributed by atoms with E-state index in [0.717, 1.165) is 32.7 Å². The molecule has 1 unspecified atom stereocenters. The van der Waals surface area contributed by atoms with Crippen molar-refractivity contribution >= 4 is 6.09 Å². The standard InChI is InChI=1S/C16H24N2O2/c1-3-20-16(19)18-11-9-17(10-12-18)13-14(2)15-7-5-4-6-8-15/h4-8,14H,3,9-13H2,1-2H3. The molecule has 0 spiro atoms. The molecule has 2 rings (SSSR count). The second-order valence-corrected chi connectivity index (χ2v) is 5.30. The number of piperazine rings is 1. The largest absolute Gasteiger partial charge is 0.450 e. The maximum atomic E-state index is 11.6. The first-order valence-electron chi connectivity index (χ1n) is 7.39. The van der Waals surface area contributed by atoms with Crippen LogP contribution in [0.4, 0.5) is 4.79 Å². The first kappa shape index (κ1) is 14.9. The highest BCUT2D eigenvalue weighted by Crippen LogP contribution is 2.17. The minimum absolute atomic E-state index is 0.178. The molecule has 1 atom stereocenters. The Bertz CT molecular complexity index is 414. The van der Waals surface area contributed by atoms with Crippen molar-refractivity contribution in [2.24, 2.45) is 0 Å². The third-order valence-corrected chi connectivity index (χ3v) is 3.80. The summed E-state index contributed by atoms with van der Waals surface area (Å²) >= 11 is 0. The Labute approximate surface area is 121 Å². The van der Waals surface area contributed by atoms with Gasteiger partial charge in [0.05, 0.1) is 6.61 Å². The van der Waals surface area contributed by atoms with Crippen LogP contribution in [0, 0.1) is 0 Å². The van der Waals surface area contributed by atoms with Crippen molar-refractivity contribution in [1.29, 1.82) is 0 Å². The van der Waals surface area contributed by atoms with Crippen LogP contribution in [0.15, 0.2) is 30.3 Å². The van der Waals surface area contributed by atoms with Crippen molar-refractivity contribution in [3.05, 3.63) is 35.9 Å². The first-order chi connectivity index (χ1) is 9.70. The molecule has 0 bridgehead atoms. The average Bonchev–Trinajstić information content (AvgIpc) is 2.49. The van der Waals surface area contributed by atoms with Crippen LogP contribution in [0.25, 0.3) is 0 Å². The molecule has 0 aromatic heterocycles. The molecule has 1 aliphatic rings. The minimum atomic E-state index is -0.178. The van der Waals surface area contributed by atoms with E-state index in [-0.39, 0.29) is 6.09 Å². The van der Waals surface area contributed by atoms with Crippen LogP contribution in [-0.4, -0.2) is 55.2 Å². The SMILES string of the molecule is CCOC(=O)N1CCN(CC(C)c2ccccc2)CC1. The normalized spacial score (nSPS) is 17.8.